The number of ether oxygens (including phenoxy) is 1. The number of nitrogens with zero attached hydrogens (tertiary/aromatic N) is 2. The quantitative estimate of drug-likeness (QED) is 0.0393. The number of carboxylic acid groups (broad SMARTS) is 1. The summed E-state index contributed by atoms with van der Waals surface area (Å²) in [7, 11) is 1.75. The average Bonchev–Trinajstić information content (AvgIpc) is 3.55. The highest BCUT2D eigenvalue weighted by Crippen LogP contribution is 2.32. The van der Waals surface area contributed by atoms with Gasteiger partial charge in [0.15, 0.2) is 11.9 Å². The molecule has 5 atom stereocenters. The van der Waals surface area contributed by atoms with E-state index < -0.39 is 35.9 Å². The zero-order valence-corrected chi connectivity index (χ0v) is 33.4. The van der Waals surface area contributed by atoms with Crippen LogP contribution in [0.5, 0.6) is 5.75 Å². The molecule has 2 aromatic rings. The summed E-state index contributed by atoms with van der Waals surface area (Å²) < 4.78 is 5.32. The Morgan fingerprint density at radius 3 is 2.33 bits per heavy atom. The second-order valence-electron chi connectivity index (χ2n) is 14.6. The standard InChI is InChI=1S/C37H56N4O9S2/c1-10-22(4)15-33(44)41(9)29(21(2)3)19-31(49-24(6)42)35-40-28(20-52-35)34(45)38-26(16-23(5)36(46)47)17-25-11-12-30(50-48)27(18-25)39-32(43)13-14-37(7,8)51/h11-12,18,20-23,26,29,31,48,51H,10,13-17,19H2,1-9H3,(H,38,45)(H,39,43)(H,46,47)/t22-,23?,26+,29+,31+/m0/s1. The zero-order valence-electron chi connectivity index (χ0n) is 31.7. The number of anilines is 1. The normalized spacial score (nSPS) is 14.5. The van der Waals surface area contributed by atoms with Crippen molar-refractivity contribution in [3.05, 3.63) is 39.8 Å². The first-order valence-electron chi connectivity index (χ1n) is 17.6. The van der Waals surface area contributed by atoms with Crippen LogP contribution in [0.2, 0.25) is 0 Å². The molecular weight excluding hydrogens is 709 g/mol. The number of hydrogen-bond acceptors (Lipinski definition) is 11. The van der Waals surface area contributed by atoms with E-state index in [1.165, 1.54) is 13.0 Å². The molecule has 1 aromatic carbocycles. The van der Waals surface area contributed by atoms with Gasteiger partial charge in [-0.2, -0.15) is 12.6 Å². The van der Waals surface area contributed by atoms with Crippen LogP contribution in [0.1, 0.15) is 121 Å². The van der Waals surface area contributed by atoms with Gasteiger partial charge >= 0.3 is 11.9 Å². The van der Waals surface area contributed by atoms with E-state index in [1.807, 2.05) is 41.5 Å². The number of carbonyl (C=O) groups is 5. The molecule has 0 bridgehead atoms. The minimum absolute atomic E-state index is 0.000955. The second kappa shape index (κ2) is 20.5. The molecule has 0 aliphatic heterocycles. The fourth-order valence-electron chi connectivity index (χ4n) is 5.59. The monoisotopic (exact) mass is 764 g/mol. The van der Waals surface area contributed by atoms with Crippen LogP contribution >= 0.6 is 24.0 Å². The minimum Gasteiger partial charge on any atom is -0.481 e. The Balaban J connectivity index is 2.32. The van der Waals surface area contributed by atoms with Crippen molar-refractivity contribution in [1.82, 2.24) is 15.2 Å². The van der Waals surface area contributed by atoms with Gasteiger partial charge in [-0.15, -0.1) is 11.3 Å². The van der Waals surface area contributed by atoms with Crippen LogP contribution in [-0.2, 0) is 30.3 Å². The van der Waals surface area contributed by atoms with Crippen molar-refractivity contribution in [2.24, 2.45) is 17.8 Å². The number of aromatic nitrogens is 1. The van der Waals surface area contributed by atoms with Gasteiger partial charge in [-0.3, -0.25) is 24.0 Å². The first-order valence-corrected chi connectivity index (χ1v) is 19.0. The fourth-order valence-corrected chi connectivity index (χ4v) is 6.54. The molecule has 2 rings (SSSR count). The summed E-state index contributed by atoms with van der Waals surface area (Å²) >= 11 is 5.61. The summed E-state index contributed by atoms with van der Waals surface area (Å²) in [5.74, 6) is -2.93. The molecule has 4 N–H and O–H groups in total. The van der Waals surface area contributed by atoms with Gasteiger partial charge in [-0.25, -0.2) is 10.2 Å². The highest BCUT2D eigenvalue weighted by molar-refractivity contribution is 7.81. The number of thiazole rings is 1. The van der Waals surface area contributed by atoms with Crippen LogP contribution in [0.15, 0.2) is 23.6 Å². The summed E-state index contributed by atoms with van der Waals surface area (Å²) in [6.45, 7) is 14.7. The number of carboxylic acids is 1. The van der Waals surface area contributed by atoms with Crippen LogP contribution in [0.4, 0.5) is 5.69 Å². The zero-order chi connectivity index (χ0) is 39.3. The molecule has 3 amide bonds. The summed E-state index contributed by atoms with van der Waals surface area (Å²) in [6, 6.07) is 3.77. The van der Waals surface area contributed by atoms with Crippen LogP contribution in [0.25, 0.3) is 0 Å². The molecule has 13 nitrogen and oxygen atoms in total. The van der Waals surface area contributed by atoms with Crippen molar-refractivity contribution >= 4 is 59.3 Å². The van der Waals surface area contributed by atoms with Gasteiger partial charge in [0, 0.05) is 55.4 Å². The lowest BCUT2D eigenvalue weighted by Crippen LogP contribution is -2.42. The lowest BCUT2D eigenvalue weighted by molar-refractivity contribution is -0.148. The van der Waals surface area contributed by atoms with Crippen molar-refractivity contribution in [2.75, 3.05) is 12.4 Å². The maximum atomic E-state index is 13.6. The Labute approximate surface area is 316 Å². The molecule has 0 saturated heterocycles. The molecule has 1 aromatic heterocycles. The number of aliphatic carboxylic acids is 1. The van der Waals surface area contributed by atoms with Gasteiger partial charge in [-0.1, -0.05) is 61.0 Å². The van der Waals surface area contributed by atoms with E-state index in [0.29, 0.717) is 23.4 Å². The van der Waals surface area contributed by atoms with E-state index in [0.717, 1.165) is 17.8 Å². The highest BCUT2D eigenvalue weighted by atomic mass is 32.1. The molecule has 52 heavy (non-hydrogen) atoms. The number of thiol groups is 1. The Hall–Kier alpha value is -3.69. The third-order valence-corrected chi connectivity index (χ3v) is 10.1. The Bertz CT molecular complexity index is 1520. The number of benzene rings is 1. The van der Waals surface area contributed by atoms with Crippen molar-refractivity contribution in [3.8, 4) is 5.75 Å². The number of hydrogen-bond donors (Lipinski definition) is 5. The highest BCUT2D eigenvalue weighted by Gasteiger charge is 2.31. The van der Waals surface area contributed by atoms with E-state index in [2.05, 4.69) is 33.1 Å². The first-order chi connectivity index (χ1) is 24.2. The summed E-state index contributed by atoms with van der Waals surface area (Å²) in [5, 5.41) is 26.7. The molecule has 0 aliphatic carbocycles. The predicted molar refractivity (Wildman–Crippen MR) is 204 cm³/mol. The maximum Gasteiger partial charge on any atom is 0.306 e. The lowest BCUT2D eigenvalue weighted by Gasteiger charge is -2.34. The third kappa shape index (κ3) is 14.7. The van der Waals surface area contributed by atoms with Gasteiger partial charge in [0.1, 0.15) is 10.7 Å². The number of carbonyl (C=O) groups excluding carboxylic acids is 4. The smallest absolute Gasteiger partial charge is 0.306 e. The Morgan fingerprint density at radius 2 is 1.77 bits per heavy atom. The van der Waals surface area contributed by atoms with E-state index in [9.17, 15) is 34.3 Å². The number of amides is 3. The van der Waals surface area contributed by atoms with E-state index in [1.54, 1.807) is 36.4 Å². The molecule has 15 heteroatoms. The summed E-state index contributed by atoms with van der Waals surface area (Å²) in [6.07, 6.45) is 1.71. The molecule has 0 spiro atoms. The van der Waals surface area contributed by atoms with E-state index in [4.69, 9.17) is 4.74 Å². The minimum atomic E-state index is -1.03. The predicted octanol–water partition coefficient (Wildman–Crippen LogP) is 6.79. The SMILES string of the molecule is CC[C@H](C)CC(=O)N(C)[C@H](C[C@@H](OC(C)=O)c1nc(C(=O)N[C@@H](Cc2ccc(OO)c(NC(=O)CCC(C)(C)S)c2)CC(C)C(=O)O)cs1)C(C)C. The molecule has 0 radical (unpaired) electrons. The second-order valence-corrected chi connectivity index (χ2v) is 16.7. The van der Waals surface area contributed by atoms with E-state index >= 15 is 0 Å². The van der Waals surface area contributed by atoms with Gasteiger partial charge in [0.05, 0.1) is 11.6 Å². The Kier molecular flexibility index (Phi) is 17.6. The summed E-state index contributed by atoms with van der Waals surface area (Å²) in [4.78, 5) is 74.0. The molecule has 0 saturated carbocycles. The molecule has 0 fully saturated rings. The molecule has 0 aliphatic rings. The maximum absolute atomic E-state index is 13.6. The lowest BCUT2D eigenvalue weighted by atomic mass is 9.95. The van der Waals surface area contributed by atoms with Crippen molar-refractivity contribution in [1.29, 1.82) is 0 Å². The van der Waals surface area contributed by atoms with Crippen LogP contribution < -0.4 is 15.5 Å². The Morgan fingerprint density at radius 1 is 1.10 bits per heavy atom. The topological polar surface area (TPSA) is 184 Å². The molecular formula is C37H56N4O9S2. The van der Waals surface area contributed by atoms with Gasteiger partial charge < -0.3 is 30.3 Å². The van der Waals surface area contributed by atoms with Gasteiger partial charge in [0.25, 0.3) is 5.91 Å². The summed E-state index contributed by atoms with van der Waals surface area (Å²) in [5.41, 5.74) is 0.913. The number of nitrogens with one attached hydrogen (secondary N) is 2. The van der Waals surface area contributed by atoms with Crippen molar-refractivity contribution in [3.63, 3.8) is 0 Å². The van der Waals surface area contributed by atoms with Crippen LogP contribution in [-0.4, -0.2) is 73.8 Å². The van der Waals surface area contributed by atoms with E-state index in [-0.39, 0.29) is 77.3 Å². The molecule has 1 unspecified atom stereocenters. The number of rotatable bonds is 21. The van der Waals surface area contributed by atoms with Crippen molar-refractivity contribution < 1.29 is 44.0 Å². The molecule has 290 valence electrons. The number of esters is 1. The van der Waals surface area contributed by atoms with Crippen molar-refractivity contribution in [2.45, 2.75) is 123 Å². The van der Waals surface area contributed by atoms with Gasteiger partial charge in [0.2, 0.25) is 11.8 Å². The van der Waals surface area contributed by atoms with Crippen LogP contribution in [0, 0.1) is 17.8 Å². The van der Waals surface area contributed by atoms with Crippen LogP contribution in [0.3, 0.4) is 0 Å². The first kappa shape index (κ1) is 44.5. The average molecular weight is 765 g/mol. The third-order valence-electron chi connectivity index (χ3n) is 8.93. The van der Waals surface area contributed by atoms with Gasteiger partial charge in [-0.05, 0) is 48.8 Å². The largest absolute Gasteiger partial charge is 0.481 e. The fraction of sp³-hybridized carbons (Fsp3) is 0.622. The molecule has 1 heterocycles.